The molecule has 2 aliphatic heterocycles. The normalized spacial score (nSPS) is 25.8. The van der Waals surface area contributed by atoms with E-state index >= 15 is 0 Å². The molecule has 1 amide bonds. The zero-order chi connectivity index (χ0) is 23.1. The predicted octanol–water partition coefficient (Wildman–Crippen LogP) is 3.07. The van der Waals surface area contributed by atoms with Gasteiger partial charge in [0.2, 0.25) is 15.9 Å². The predicted molar refractivity (Wildman–Crippen MR) is 130 cm³/mol. The maximum atomic E-state index is 13.0. The number of nitrogens with one attached hydrogen (secondary N) is 1. The fraction of sp³-hybridized carbons (Fsp3) is 0.520. The van der Waals surface area contributed by atoms with Crippen molar-refractivity contribution in [1.29, 1.82) is 0 Å². The Morgan fingerprint density at radius 3 is 2.39 bits per heavy atom. The molecule has 0 unspecified atom stereocenters. The van der Waals surface area contributed by atoms with E-state index in [1.165, 1.54) is 6.26 Å². The van der Waals surface area contributed by atoms with E-state index < -0.39 is 10.0 Å². The highest BCUT2D eigenvalue weighted by molar-refractivity contribution is 7.92. The van der Waals surface area contributed by atoms with E-state index in [9.17, 15) is 13.2 Å². The minimum atomic E-state index is -3.32. The van der Waals surface area contributed by atoms with Gasteiger partial charge in [0.05, 0.1) is 11.9 Å². The number of amides is 1. The Balaban J connectivity index is 1.18. The van der Waals surface area contributed by atoms with Crippen LogP contribution in [0, 0.1) is 5.92 Å². The number of hydrogen-bond acceptors (Lipinski definition) is 5. The van der Waals surface area contributed by atoms with E-state index in [1.807, 2.05) is 42.6 Å². The summed E-state index contributed by atoms with van der Waals surface area (Å²) in [6.45, 7) is 2.28. The van der Waals surface area contributed by atoms with Crippen molar-refractivity contribution < 1.29 is 13.2 Å². The van der Waals surface area contributed by atoms with Gasteiger partial charge in [0, 0.05) is 43.2 Å². The van der Waals surface area contributed by atoms with Crippen molar-refractivity contribution in [3.63, 3.8) is 0 Å². The van der Waals surface area contributed by atoms with Crippen LogP contribution in [0.3, 0.4) is 0 Å². The number of anilines is 2. The van der Waals surface area contributed by atoms with Crippen molar-refractivity contribution in [1.82, 2.24) is 10.3 Å². The highest BCUT2D eigenvalue weighted by atomic mass is 32.2. The molecule has 1 N–H and O–H groups in total. The van der Waals surface area contributed by atoms with Crippen LogP contribution in [0.4, 0.5) is 11.5 Å². The fourth-order valence-electron chi connectivity index (χ4n) is 5.85. The molecule has 1 aliphatic carbocycles. The van der Waals surface area contributed by atoms with Crippen molar-refractivity contribution in [2.45, 2.75) is 50.0 Å². The van der Waals surface area contributed by atoms with Crippen LogP contribution in [0.1, 0.15) is 44.1 Å². The first-order valence-corrected chi connectivity index (χ1v) is 13.7. The molecule has 1 spiro atoms. The Morgan fingerprint density at radius 2 is 1.73 bits per heavy atom. The number of rotatable bonds is 4. The molecule has 1 saturated heterocycles. The molecule has 1 aromatic carbocycles. The molecular weight excluding hydrogens is 436 g/mol. The lowest BCUT2D eigenvalue weighted by molar-refractivity contribution is -0.127. The van der Waals surface area contributed by atoms with Crippen LogP contribution < -0.4 is 14.5 Å². The molecule has 2 fully saturated rings. The summed E-state index contributed by atoms with van der Waals surface area (Å²) in [4.78, 5) is 19.8. The number of aromatic nitrogens is 1. The third-order valence-corrected chi connectivity index (χ3v) is 8.85. The maximum Gasteiger partial charge on any atom is 0.232 e. The van der Waals surface area contributed by atoms with Crippen LogP contribution >= 0.6 is 0 Å². The zero-order valence-electron chi connectivity index (χ0n) is 19.1. The van der Waals surface area contributed by atoms with Gasteiger partial charge in [-0.05, 0) is 62.3 Å². The summed E-state index contributed by atoms with van der Waals surface area (Å²) in [6.07, 6.45) is 8.22. The summed E-state index contributed by atoms with van der Waals surface area (Å²) in [6, 6.07) is 14.0. The zero-order valence-corrected chi connectivity index (χ0v) is 19.9. The summed E-state index contributed by atoms with van der Waals surface area (Å²) in [5.74, 6) is 1.16. The molecule has 0 radical (unpaired) electrons. The highest BCUT2D eigenvalue weighted by Gasteiger charge is 2.48. The standard InChI is InChI=1S/C25H32N4O3S/c1-33(31,32)29-18-25(21-6-2-3-7-22(21)29)13-9-19(10-14-25)24(30)27-20-11-16-28(17-12-20)23-8-4-5-15-26-23/h2-8,15,19-20H,9-14,16-18H2,1H3,(H,27,30). The van der Waals surface area contributed by atoms with Gasteiger partial charge in [0.15, 0.2) is 0 Å². The Morgan fingerprint density at radius 1 is 1.03 bits per heavy atom. The van der Waals surface area contributed by atoms with Crippen LogP contribution in [0.2, 0.25) is 0 Å². The number of hydrogen-bond donors (Lipinski definition) is 1. The number of nitrogens with zero attached hydrogens (tertiary/aromatic N) is 3. The summed E-state index contributed by atoms with van der Waals surface area (Å²) >= 11 is 0. The first kappa shape index (κ1) is 22.2. The lowest BCUT2D eigenvalue weighted by atomic mass is 9.67. The molecule has 5 rings (SSSR count). The van der Waals surface area contributed by atoms with Crippen molar-refractivity contribution in [3.05, 3.63) is 54.2 Å². The largest absolute Gasteiger partial charge is 0.356 e. The smallest absolute Gasteiger partial charge is 0.232 e. The molecule has 8 heteroatoms. The van der Waals surface area contributed by atoms with Gasteiger partial charge < -0.3 is 10.2 Å². The minimum Gasteiger partial charge on any atom is -0.356 e. The van der Waals surface area contributed by atoms with Crippen molar-refractivity contribution >= 4 is 27.4 Å². The lowest BCUT2D eigenvalue weighted by Crippen LogP contribution is -2.48. The van der Waals surface area contributed by atoms with E-state index in [0.29, 0.717) is 6.54 Å². The fourth-order valence-corrected chi connectivity index (χ4v) is 6.85. The number of piperidine rings is 1. The van der Waals surface area contributed by atoms with Gasteiger partial charge in [-0.3, -0.25) is 9.10 Å². The molecule has 176 valence electrons. The third kappa shape index (κ3) is 4.33. The Bertz CT molecular complexity index is 1110. The Kier molecular flexibility index (Phi) is 5.80. The molecule has 0 atom stereocenters. The van der Waals surface area contributed by atoms with Gasteiger partial charge in [-0.15, -0.1) is 0 Å². The van der Waals surface area contributed by atoms with Gasteiger partial charge in [-0.2, -0.15) is 0 Å². The highest BCUT2D eigenvalue weighted by Crippen LogP contribution is 2.50. The second kappa shape index (κ2) is 8.63. The van der Waals surface area contributed by atoms with Crippen LogP contribution in [0.25, 0.3) is 0 Å². The monoisotopic (exact) mass is 468 g/mol. The van der Waals surface area contributed by atoms with Crippen LogP contribution in [0.5, 0.6) is 0 Å². The van der Waals surface area contributed by atoms with E-state index in [2.05, 4.69) is 21.3 Å². The minimum absolute atomic E-state index is 0.00360. The quantitative estimate of drug-likeness (QED) is 0.746. The van der Waals surface area contributed by atoms with E-state index in [0.717, 1.165) is 68.7 Å². The molecule has 33 heavy (non-hydrogen) atoms. The molecule has 1 saturated carbocycles. The average molecular weight is 469 g/mol. The number of fused-ring (bicyclic) bond motifs is 2. The number of carbonyl (C=O) groups is 1. The molecule has 0 bridgehead atoms. The van der Waals surface area contributed by atoms with Gasteiger partial charge in [0.1, 0.15) is 5.82 Å². The van der Waals surface area contributed by atoms with E-state index in [1.54, 1.807) is 4.31 Å². The first-order chi connectivity index (χ1) is 15.9. The van der Waals surface area contributed by atoms with Crippen LogP contribution in [-0.4, -0.2) is 51.2 Å². The Hall–Kier alpha value is -2.61. The maximum absolute atomic E-state index is 13.0. The molecule has 3 heterocycles. The van der Waals surface area contributed by atoms with Crippen molar-refractivity contribution in [3.8, 4) is 0 Å². The Labute approximate surface area is 196 Å². The molecule has 2 aromatic rings. The number of benzene rings is 1. The number of pyridine rings is 1. The van der Waals surface area contributed by atoms with Crippen molar-refractivity contribution in [2.24, 2.45) is 5.92 Å². The van der Waals surface area contributed by atoms with Gasteiger partial charge in [-0.1, -0.05) is 24.3 Å². The summed E-state index contributed by atoms with van der Waals surface area (Å²) in [5.41, 5.74) is 1.75. The third-order valence-electron chi connectivity index (χ3n) is 7.72. The topological polar surface area (TPSA) is 82.6 Å². The molecule has 3 aliphatic rings. The number of carbonyl (C=O) groups excluding carboxylic acids is 1. The van der Waals surface area contributed by atoms with E-state index in [4.69, 9.17) is 0 Å². The lowest BCUT2D eigenvalue weighted by Gasteiger charge is -2.38. The van der Waals surface area contributed by atoms with Gasteiger partial charge in [-0.25, -0.2) is 13.4 Å². The molecular formula is C25H32N4O3S. The molecule has 7 nitrogen and oxygen atoms in total. The first-order valence-electron chi connectivity index (χ1n) is 11.9. The summed E-state index contributed by atoms with van der Waals surface area (Å²) < 4.78 is 26.3. The SMILES string of the molecule is CS(=O)(=O)N1CC2(CCC(C(=O)NC3CCN(c4ccccn4)CC3)CC2)c2ccccc21. The average Bonchev–Trinajstić information content (AvgIpc) is 3.15. The second-order valence-electron chi connectivity index (χ2n) is 9.80. The number of para-hydroxylation sites is 1. The van der Waals surface area contributed by atoms with Gasteiger partial charge >= 0.3 is 0 Å². The van der Waals surface area contributed by atoms with Crippen LogP contribution in [0.15, 0.2) is 48.7 Å². The molecule has 1 aromatic heterocycles. The van der Waals surface area contributed by atoms with E-state index in [-0.39, 0.29) is 23.3 Å². The second-order valence-corrected chi connectivity index (χ2v) is 11.7. The van der Waals surface area contributed by atoms with Crippen molar-refractivity contribution in [2.75, 3.05) is 35.1 Å². The van der Waals surface area contributed by atoms with Crippen LogP contribution in [-0.2, 0) is 20.2 Å². The van der Waals surface area contributed by atoms with Gasteiger partial charge in [0.25, 0.3) is 0 Å². The summed E-state index contributed by atoms with van der Waals surface area (Å²) in [7, 11) is -3.32. The number of sulfonamides is 1. The summed E-state index contributed by atoms with van der Waals surface area (Å²) in [5, 5.41) is 3.30.